The van der Waals surface area contributed by atoms with E-state index in [1.807, 2.05) is 0 Å². The molecule has 0 aromatic carbocycles. The number of alkyl carbamates (subject to hydrolysis) is 1. The Morgan fingerprint density at radius 2 is 2.10 bits per heavy atom. The Hall–Kier alpha value is -1.91. The Morgan fingerprint density at radius 1 is 1.50 bits per heavy atom. The number of carbonyl (C=O) groups excluding carboxylic acids is 2. The second-order valence-corrected chi connectivity index (χ2v) is 5.58. The maximum atomic E-state index is 13.2. The van der Waals surface area contributed by atoms with Gasteiger partial charge in [-0.2, -0.15) is 5.26 Å². The Balaban J connectivity index is 2.51. The Labute approximate surface area is 115 Å². The molecular weight excluding hydrogens is 272 g/mol. The first-order chi connectivity index (χ1) is 9.04. The molecule has 20 heavy (non-hydrogen) atoms. The van der Waals surface area contributed by atoms with Crippen molar-refractivity contribution in [2.75, 3.05) is 13.1 Å². The maximum Gasteiger partial charge on any atom is 0.408 e. The number of hydrogen-bond donors (Lipinski definition) is 1. The SMILES string of the molecule is CC(C)(C)OC(=O)NCC(=O)N1CC(F)(F)C[C@H]1C#N. The number of ether oxygens (including phenoxy) is 1. The summed E-state index contributed by atoms with van der Waals surface area (Å²) >= 11 is 0. The van der Waals surface area contributed by atoms with Gasteiger partial charge in [0.05, 0.1) is 12.6 Å². The van der Waals surface area contributed by atoms with E-state index < -0.39 is 49.1 Å². The summed E-state index contributed by atoms with van der Waals surface area (Å²) < 4.78 is 31.2. The van der Waals surface area contributed by atoms with E-state index in [4.69, 9.17) is 10.00 Å². The molecule has 0 bridgehead atoms. The fourth-order valence-corrected chi connectivity index (χ4v) is 1.76. The van der Waals surface area contributed by atoms with E-state index in [1.165, 1.54) is 0 Å². The van der Waals surface area contributed by atoms with Crippen LogP contribution in [0.25, 0.3) is 0 Å². The number of rotatable bonds is 2. The number of halogens is 2. The molecule has 2 amide bonds. The predicted octanol–water partition coefficient (Wildman–Crippen LogP) is 1.27. The lowest BCUT2D eigenvalue weighted by molar-refractivity contribution is -0.131. The predicted molar refractivity (Wildman–Crippen MR) is 64.9 cm³/mol. The zero-order valence-corrected chi connectivity index (χ0v) is 11.6. The van der Waals surface area contributed by atoms with Gasteiger partial charge in [0.1, 0.15) is 18.2 Å². The quantitative estimate of drug-likeness (QED) is 0.830. The zero-order chi connectivity index (χ0) is 15.6. The number of hydrogen-bond acceptors (Lipinski definition) is 4. The van der Waals surface area contributed by atoms with Gasteiger partial charge in [0.2, 0.25) is 5.91 Å². The molecular formula is C12H17F2N3O3. The first-order valence-electron chi connectivity index (χ1n) is 6.08. The van der Waals surface area contributed by atoms with Crippen LogP contribution in [0.3, 0.4) is 0 Å². The fraction of sp³-hybridized carbons (Fsp3) is 0.750. The molecule has 1 N–H and O–H groups in total. The van der Waals surface area contributed by atoms with Crippen LogP contribution in [0, 0.1) is 11.3 Å². The second-order valence-electron chi connectivity index (χ2n) is 5.58. The van der Waals surface area contributed by atoms with Crippen molar-refractivity contribution in [1.29, 1.82) is 5.26 Å². The van der Waals surface area contributed by atoms with Gasteiger partial charge in [-0.25, -0.2) is 13.6 Å². The van der Waals surface area contributed by atoms with Gasteiger partial charge < -0.3 is 15.0 Å². The molecule has 0 aromatic heterocycles. The van der Waals surface area contributed by atoms with Crippen LogP contribution < -0.4 is 5.32 Å². The minimum Gasteiger partial charge on any atom is -0.444 e. The van der Waals surface area contributed by atoms with Crippen LogP contribution in [0.2, 0.25) is 0 Å². The van der Waals surface area contributed by atoms with Crippen molar-refractivity contribution in [2.45, 2.75) is 44.8 Å². The first-order valence-corrected chi connectivity index (χ1v) is 6.08. The summed E-state index contributed by atoms with van der Waals surface area (Å²) in [5.74, 6) is -3.80. The summed E-state index contributed by atoms with van der Waals surface area (Å²) in [5.41, 5.74) is -0.719. The van der Waals surface area contributed by atoms with Crippen LogP contribution in [0.15, 0.2) is 0 Å². The molecule has 1 atom stereocenters. The molecule has 8 heteroatoms. The largest absolute Gasteiger partial charge is 0.444 e. The molecule has 1 saturated heterocycles. The van der Waals surface area contributed by atoms with Crippen LogP contribution in [0.4, 0.5) is 13.6 Å². The van der Waals surface area contributed by atoms with E-state index in [1.54, 1.807) is 26.8 Å². The van der Waals surface area contributed by atoms with E-state index in [2.05, 4.69) is 5.32 Å². The molecule has 0 spiro atoms. The molecule has 112 valence electrons. The number of carbonyl (C=O) groups is 2. The van der Waals surface area contributed by atoms with Crippen LogP contribution in [-0.4, -0.2) is 47.6 Å². The molecule has 1 fully saturated rings. The standard InChI is InChI=1S/C12H17F2N3O3/c1-11(2,3)20-10(19)16-6-9(18)17-7-12(13,14)4-8(17)5-15/h8H,4,6-7H2,1-3H3,(H,16,19)/t8-/m0/s1. The highest BCUT2D eigenvalue weighted by Gasteiger charge is 2.47. The third kappa shape index (κ3) is 4.64. The number of alkyl halides is 2. The molecule has 1 rings (SSSR count). The van der Waals surface area contributed by atoms with Crippen molar-refractivity contribution in [3.63, 3.8) is 0 Å². The topological polar surface area (TPSA) is 82.4 Å². The van der Waals surface area contributed by atoms with Gasteiger partial charge in [-0.15, -0.1) is 0 Å². The monoisotopic (exact) mass is 289 g/mol. The Kier molecular flexibility index (Phi) is 4.53. The van der Waals surface area contributed by atoms with Crippen molar-refractivity contribution in [1.82, 2.24) is 10.2 Å². The van der Waals surface area contributed by atoms with Crippen LogP contribution >= 0.6 is 0 Å². The van der Waals surface area contributed by atoms with Crippen LogP contribution in [-0.2, 0) is 9.53 Å². The minimum absolute atomic E-state index is 0.483. The summed E-state index contributed by atoms with van der Waals surface area (Å²) in [4.78, 5) is 23.9. The molecule has 0 saturated carbocycles. The molecule has 1 aliphatic rings. The molecule has 1 heterocycles. The van der Waals surface area contributed by atoms with Gasteiger partial charge in [-0.3, -0.25) is 4.79 Å². The third-order valence-corrected chi connectivity index (χ3v) is 2.52. The minimum atomic E-state index is -3.07. The van der Waals surface area contributed by atoms with Crippen molar-refractivity contribution < 1.29 is 23.1 Å². The summed E-state index contributed by atoms with van der Waals surface area (Å²) in [6, 6.07) is 0.489. The Bertz CT molecular complexity index is 440. The van der Waals surface area contributed by atoms with Crippen molar-refractivity contribution in [3.05, 3.63) is 0 Å². The van der Waals surface area contributed by atoms with Crippen molar-refractivity contribution in [2.24, 2.45) is 0 Å². The average Bonchev–Trinajstić information content (AvgIpc) is 2.59. The number of amides is 2. The normalized spacial score (nSPS) is 21.2. The van der Waals surface area contributed by atoms with Crippen LogP contribution in [0.1, 0.15) is 27.2 Å². The zero-order valence-electron chi connectivity index (χ0n) is 11.6. The van der Waals surface area contributed by atoms with E-state index in [0.29, 0.717) is 0 Å². The van der Waals surface area contributed by atoms with Gasteiger partial charge in [0.25, 0.3) is 5.92 Å². The summed E-state index contributed by atoms with van der Waals surface area (Å²) in [6.45, 7) is 3.67. The van der Waals surface area contributed by atoms with Gasteiger partial charge in [-0.05, 0) is 20.8 Å². The molecule has 1 aliphatic heterocycles. The Morgan fingerprint density at radius 3 is 2.60 bits per heavy atom. The average molecular weight is 289 g/mol. The van der Waals surface area contributed by atoms with Gasteiger partial charge in [-0.1, -0.05) is 0 Å². The highest BCUT2D eigenvalue weighted by atomic mass is 19.3. The molecule has 0 radical (unpaired) electrons. The van der Waals surface area contributed by atoms with E-state index in [-0.39, 0.29) is 0 Å². The second kappa shape index (κ2) is 5.61. The smallest absolute Gasteiger partial charge is 0.408 e. The fourth-order valence-electron chi connectivity index (χ4n) is 1.76. The summed E-state index contributed by atoms with van der Waals surface area (Å²) in [6.07, 6.45) is -1.49. The van der Waals surface area contributed by atoms with Gasteiger partial charge in [0, 0.05) is 6.42 Å². The number of nitriles is 1. The summed E-state index contributed by atoms with van der Waals surface area (Å²) in [7, 11) is 0. The lowest BCUT2D eigenvalue weighted by atomic mass is 10.2. The summed E-state index contributed by atoms with van der Waals surface area (Å²) in [5, 5.41) is 10.9. The molecule has 0 unspecified atom stereocenters. The van der Waals surface area contributed by atoms with E-state index in [9.17, 15) is 18.4 Å². The maximum absolute atomic E-state index is 13.2. The number of nitrogens with one attached hydrogen (secondary N) is 1. The number of likely N-dealkylation sites (tertiary alicyclic amines) is 1. The van der Waals surface area contributed by atoms with E-state index >= 15 is 0 Å². The highest BCUT2D eigenvalue weighted by Crippen LogP contribution is 2.31. The third-order valence-electron chi connectivity index (χ3n) is 2.52. The van der Waals surface area contributed by atoms with Crippen molar-refractivity contribution >= 4 is 12.0 Å². The lowest BCUT2D eigenvalue weighted by Crippen LogP contribution is -2.44. The molecule has 0 aromatic rings. The van der Waals surface area contributed by atoms with E-state index in [0.717, 1.165) is 4.90 Å². The van der Waals surface area contributed by atoms with Crippen molar-refractivity contribution in [3.8, 4) is 6.07 Å². The van der Waals surface area contributed by atoms with Gasteiger partial charge >= 0.3 is 6.09 Å². The number of nitrogens with zero attached hydrogens (tertiary/aromatic N) is 2. The molecule has 6 nitrogen and oxygen atoms in total. The van der Waals surface area contributed by atoms with Gasteiger partial charge in [0.15, 0.2) is 0 Å². The molecule has 0 aliphatic carbocycles. The highest BCUT2D eigenvalue weighted by molar-refractivity contribution is 5.83. The lowest BCUT2D eigenvalue weighted by Gasteiger charge is -2.21. The first kappa shape index (κ1) is 16.1. The van der Waals surface area contributed by atoms with Crippen LogP contribution in [0.5, 0.6) is 0 Å².